The van der Waals surface area contributed by atoms with Crippen molar-refractivity contribution >= 4 is 51.1 Å². The van der Waals surface area contributed by atoms with Crippen molar-refractivity contribution in [3.05, 3.63) is 75.6 Å². The smallest absolute Gasteiger partial charge is 0.268 e. The van der Waals surface area contributed by atoms with Crippen LogP contribution in [0.25, 0.3) is 6.08 Å². The van der Waals surface area contributed by atoms with E-state index in [9.17, 15) is 4.79 Å². The van der Waals surface area contributed by atoms with Gasteiger partial charge in [0.2, 0.25) is 5.13 Å². The van der Waals surface area contributed by atoms with E-state index >= 15 is 0 Å². The second-order valence-corrected chi connectivity index (χ2v) is 8.16. The maximum absolute atomic E-state index is 13.1. The Kier molecular flexibility index (Phi) is 4.87. The third-order valence-corrected chi connectivity index (χ3v) is 5.60. The first-order valence-corrected chi connectivity index (χ1v) is 9.98. The zero-order chi connectivity index (χ0) is 18.8. The standard InChI is InChI=1S/C20H16N4OS2/c1-13-8-10-15(11-9-13)12-17-18(25)24(16-6-4-3-5-7-16)20(27-17)21-19-23-22-14(2)26-19/h3-12H,1-2H3/b17-12-,21-20+. The van der Waals surface area contributed by atoms with Gasteiger partial charge in [-0.3, -0.25) is 9.69 Å². The van der Waals surface area contributed by atoms with Crippen LogP contribution in [0.15, 0.2) is 64.5 Å². The molecule has 2 heterocycles. The van der Waals surface area contributed by atoms with Gasteiger partial charge in [-0.25, -0.2) is 0 Å². The monoisotopic (exact) mass is 392 g/mol. The number of amides is 1. The van der Waals surface area contributed by atoms with E-state index < -0.39 is 0 Å². The number of amidine groups is 1. The van der Waals surface area contributed by atoms with Gasteiger partial charge in [0.15, 0.2) is 5.17 Å². The second-order valence-electron chi connectivity index (χ2n) is 6.00. The molecule has 0 N–H and O–H groups in total. The number of benzene rings is 2. The van der Waals surface area contributed by atoms with Gasteiger partial charge in [-0.2, -0.15) is 4.99 Å². The highest BCUT2D eigenvalue weighted by molar-refractivity contribution is 8.19. The van der Waals surface area contributed by atoms with E-state index in [1.807, 2.05) is 74.5 Å². The number of aryl methyl sites for hydroxylation is 2. The van der Waals surface area contributed by atoms with Gasteiger partial charge in [0.1, 0.15) is 5.01 Å². The Balaban J connectivity index is 1.75. The lowest BCUT2D eigenvalue weighted by Gasteiger charge is -2.14. The molecule has 7 heteroatoms. The predicted molar refractivity (Wildman–Crippen MR) is 112 cm³/mol. The summed E-state index contributed by atoms with van der Waals surface area (Å²) in [4.78, 5) is 19.9. The first-order valence-electron chi connectivity index (χ1n) is 8.35. The summed E-state index contributed by atoms with van der Waals surface area (Å²) >= 11 is 2.75. The van der Waals surface area contributed by atoms with E-state index in [2.05, 4.69) is 15.2 Å². The minimum absolute atomic E-state index is 0.0910. The molecule has 4 rings (SSSR count). The van der Waals surface area contributed by atoms with Gasteiger partial charge in [-0.1, -0.05) is 59.4 Å². The van der Waals surface area contributed by atoms with Crippen LogP contribution in [0.5, 0.6) is 0 Å². The van der Waals surface area contributed by atoms with E-state index in [1.165, 1.54) is 28.7 Å². The molecule has 0 atom stereocenters. The van der Waals surface area contributed by atoms with Crippen molar-refractivity contribution in [1.29, 1.82) is 0 Å². The van der Waals surface area contributed by atoms with Crippen molar-refractivity contribution in [3.63, 3.8) is 0 Å². The fraction of sp³-hybridized carbons (Fsp3) is 0.100. The molecule has 0 radical (unpaired) electrons. The van der Waals surface area contributed by atoms with Crippen LogP contribution in [0.2, 0.25) is 0 Å². The van der Waals surface area contributed by atoms with E-state index in [4.69, 9.17) is 0 Å². The lowest BCUT2D eigenvalue weighted by Crippen LogP contribution is -2.28. The lowest BCUT2D eigenvalue weighted by atomic mass is 10.1. The number of hydrogen-bond acceptors (Lipinski definition) is 6. The Hall–Kier alpha value is -2.77. The Bertz CT molecular complexity index is 1040. The largest absolute Gasteiger partial charge is 0.271 e. The summed E-state index contributed by atoms with van der Waals surface area (Å²) in [5, 5.41) is 10.0. The summed E-state index contributed by atoms with van der Waals surface area (Å²) in [6.45, 7) is 3.92. The van der Waals surface area contributed by atoms with Crippen molar-refractivity contribution in [3.8, 4) is 0 Å². The summed E-state index contributed by atoms with van der Waals surface area (Å²) in [6.07, 6.45) is 1.90. The quantitative estimate of drug-likeness (QED) is 0.591. The molecule has 1 amide bonds. The van der Waals surface area contributed by atoms with Crippen LogP contribution >= 0.6 is 23.1 Å². The van der Waals surface area contributed by atoms with Gasteiger partial charge in [0.25, 0.3) is 5.91 Å². The molecule has 0 aliphatic carbocycles. The summed E-state index contributed by atoms with van der Waals surface area (Å²) in [6, 6.07) is 17.6. The maximum Gasteiger partial charge on any atom is 0.271 e. The van der Waals surface area contributed by atoms with Crippen LogP contribution in [0.3, 0.4) is 0 Å². The fourth-order valence-corrected chi connectivity index (χ4v) is 4.18. The predicted octanol–water partition coefficient (Wildman–Crippen LogP) is 4.96. The third-order valence-electron chi connectivity index (χ3n) is 3.90. The number of aliphatic imine (C=N–C) groups is 1. The second kappa shape index (κ2) is 7.46. The Labute approximate surface area is 165 Å². The van der Waals surface area contributed by atoms with Crippen molar-refractivity contribution in [1.82, 2.24) is 10.2 Å². The topological polar surface area (TPSA) is 58.5 Å². The Morgan fingerprint density at radius 1 is 1.00 bits per heavy atom. The van der Waals surface area contributed by atoms with Crippen molar-refractivity contribution < 1.29 is 4.79 Å². The molecule has 1 fully saturated rings. The van der Waals surface area contributed by atoms with E-state index in [0.29, 0.717) is 15.2 Å². The molecule has 1 saturated heterocycles. The number of hydrogen-bond donors (Lipinski definition) is 0. The highest BCUT2D eigenvalue weighted by atomic mass is 32.2. The third kappa shape index (κ3) is 3.84. The number of rotatable bonds is 3. The number of carbonyl (C=O) groups excluding carboxylic acids is 1. The summed E-state index contributed by atoms with van der Waals surface area (Å²) in [5.41, 5.74) is 2.95. The minimum atomic E-state index is -0.0910. The normalized spacial score (nSPS) is 17.3. The molecule has 0 saturated carbocycles. The molecule has 1 aliphatic heterocycles. The molecule has 0 unspecified atom stereocenters. The first kappa shape index (κ1) is 17.6. The van der Waals surface area contributed by atoms with Gasteiger partial charge in [-0.15, -0.1) is 10.2 Å². The van der Waals surface area contributed by atoms with E-state index in [-0.39, 0.29) is 5.91 Å². The van der Waals surface area contributed by atoms with Crippen LogP contribution in [0, 0.1) is 13.8 Å². The first-order chi connectivity index (χ1) is 13.1. The SMILES string of the molecule is Cc1ccc(/C=C2\S/C(=N/c3nnc(C)s3)N(c3ccccc3)C2=O)cc1. The van der Waals surface area contributed by atoms with E-state index in [1.54, 1.807) is 4.90 Å². The van der Waals surface area contributed by atoms with Gasteiger partial charge < -0.3 is 0 Å². The highest BCUT2D eigenvalue weighted by Crippen LogP contribution is 2.37. The average Bonchev–Trinajstić information content (AvgIpc) is 3.21. The van der Waals surface area contributed by atoms with Gasteiger partial charge in [-0.05, 0) is 49.4 Å². The van der Waals surface area contributed by atoms with Gasteiger partial charge in [0.05, 0.1) is 10.6 Å². The average molecular weight is 393 g/mol. The molecular formula is C20H16N4OS2. The molecular weight excluding hydrogens is 376 g/mol. The number of thioether (sulfide) groups is 1. The van der Waals surface area contributed by atoms with Gasteiger partial charge in [0, 0.05) is 0 Å². The van der Waals surface area contributed by atoms with Crippen molar-refractivity contribution in [2.45, 2.75) is 13.8 Å². The van der Waals surface area contributed by atoms with Crippen LogP contribution in [-0.4, -0.2) is 21.3 Å². The molecule has 27 heavy (non-hydrogen) atoms. The van der Waals surface area contributed by atoms with Crippen LogP contribution in [-0.2, 0) is 4.79 Å². The number of aromatic nitrogens is 2. The van der Waals surface area contributed by atoms with Crippen LogP contribution < -0.4 is 4.90 Å². The zero-order valence-corrected chi connectivity index (χ0v) is 16.4. The van der Waals surface area contributed by atoms with Gasteiger partial charge >= 0.3 is 0 Å². The number of carbonyl (C=O) groups is 1. The fourth-order valence-electron chi connectivity index (χ4n) is 2.58. The molecule has 0 bridgehead atoms. The molecule has 1 aliphatic rings. The molecule has 3 aromatic rings. The van der Waals surface area contributed by atoms with Crippen LogP contribution in [0.1, 0.15) is 16.1 Å². The van der Waals surface area contributed by atoms with Crippen LogP contribution in [0.4, 0.5) is 10.8 Å². The summed E-state index contributed by atoms with van der Waals surface area (Å²) in [5.74, 6) is -0.0910. The maximum atomic E-state index is 13.1. The number of anilines is 1. The number of nitrogens with zero attached hydrogens (tertiary/aromatic N) is 4. The lowest BCUT2D eigenvalue weighted by molar-refractivity contribution is -0.113. The van der Waals surface area contributed by atoms with Crippen molar-refractivity contribution in [2.75, 3.05) is 4.90 Å². The molecule has 0 spiro atoms. The Morgan fingerprint density at radius 2 is 1.74 bits per heavy atom. The molecule has 5 nitrogen and oxygen atoms in total. The number of para-hydroxylation sites is 1. The van der Waals surface area contributed by atoms with E-state index in [0.717, 1.165) is 16.3 Å². The summed E-state index contributed by atoms with van der Waals surface area (Å²) in [7, 11) is 0. The Morgan fingerprint density at radius 3 is 2.41 bits per heavy atom. The minimum Gasteiger partial charge on any atom is -0.268 e. The molecule has 134 valence electrons. The van der Waals surface area contributed by atoms with Crippen molar-refractivity contribution in [2.24, 2.45) is 4.99 Å². The molecule has 1 aromatic heterocycles. The zero-order valence-electron chi connectivity index (χ0n) is 14.8. The summed E-state index contributed by atoms with van der Waals surface area (Å²) < 4.78 is 0. The highest BCUT2D eigenvalue weighted by Gasteiger charge is 2.35. The molecule has 2 aromatic carbocycles.